The van der Waals surface area contributed by atoms with Gasteiger partial charge in [0.25, 0.3) is 0 Å². The fourth-order valence-electron chi connectivity index (χ4n) is 2.83. The quantitative estimate of drug-likeness (QED) is 0.281. The van der Waals surface area contributed by atoms with Crippen LogP contribution in [0.4, 0.5) is 0 Å². The third kappa shape index (κ3) is 10.9. The van der Waals surface area contributed by atoms with Crippen LogP contribution in [-0.4, -0.2) is 0 Å². The molecule has 0 heteroatoms. The molecule has 0 aliphatic rings. The zero-order chi connectivity index (χ0) is 13.8. The summed E-state index contributed by atoms with van der Waals surface area (Å²) in [7, 11) is 0. The maximum absolute atomic E-state index is 2.44. The van der Waals surface area contributed by atoms with Crippen LogP contribution in [0.25, 0.3) is 0 Å². The zero-order valence-corrected chi connectivity index (χ0v) is 13.6. The summed E-state index contributed by atoms with van der Waals surface area (Å²) < 4.78 is 0. The van der Waals surface area contributed by atoms with Crippen LogP contribution in [0.15, 0.2) is 11.6 Å². The van der Waals surface area contributed by atoms with Crippen molar-refractivity contribution in [3.8, 4) is 0 Å². The van der Waals surface area contributed by atoms with Gasteiger partial charge >= 0.3 is 0 Å². The topological polar surface area (TPSA) is 0 Å². The summed E-state index contributed by atoms with van der Waals surface area (Å²) in [6, 6.07) is 0. The molecule has 0 N–H and O–H groups in total. The molecule has 2 atom stereocenters. The van der Waals surface area contributed by atoms with Crippen LogP contribution in [0.5, 0.6) is 0 Å². The van der Waals surface area contributed by atoms with Crippen molar-refractivity contribution in [3.05, 3.63) is 11.6 Å². The van der Waals surface area contributed by atoms with E-state index in [9.17, 15) is 0 Å². The SMILES string of the molecule is CC=C(C)CC(C)CC(C)CCCCCCCC. The minimum absolute atomic E-state index is 0.858. The summed E-state index contributed by atoms with van der Waals surface area (Å²) in [5.74, 6) is 1.77. The van der Waals surface area contributed by atoms with Crippen LogP contribution in [0.3, 0.4) is 0 Å². The van der Waals surface area contributed by atoms with Crippen molar-refractivity contribution >= 4 is 0 Å². The Hall–Kier alpha value is -0.260. The second-order valence-electron chi connectivity index (χ2n) is 6.34. The Kier molecular flexibility index (Phi) is 11.6. The Labute approximate surface area is 116 Å². The highest BCUT2D eigenvalue weighted by atomic mass is 14.1. The van der Waals surface area contributed by atoms with E-state index >= 15 is 0 Å². The monoisotopic (exact) mass is 252 g/mol. The average molecular weight is 252 g/mol. The molecule has 0 bridgehead atoms. The van der Waals surface area contributed by atoms with Crippen molar-refractivity contribution in [1.29, 1.82) is 0 Å². The first kappa shape index (κ1) is 17.7. The lowest BCUT2D eigenvalue weighted by atomic mass is 9.89. The molecule has 0 spiro atoms. The summed E-state index contributed by atoms with van der Waals surface area (Å²) in [5.41, 5.74) is 1.55. The molecule has 0 amide bonds. The lowest BCUT2D eigenvalue weighted by Gasteiger charge is -2.17. The summed E-state index contributed by atoms with van der Waals surface area (Å²) >= 11 is 0. The molecule has 0 rings (SSSR count). The third-order valence-electron chi connectivity index (χ3n) is 4.02. The van der Waals surface area contributed by atoms with Gasteiger partial charge in [0, 0.05) is 0 Å². The first-order valence-corrected chi connectivity index (χ1v) is 8.21. The van der Waals surface area contributed by atoms with Gasteiger partial charge in [0.15, 0.2) is 0 Å². The maximum atomic E-state index is 2.44. The van der Waals surface area contributed by atoms with E-state index in [0.717, 1.165) is 11.8 Å². The molecule has 0 aromatic rings. The van der Waals surface area contributed by atoms with Crippen LogP contribution in [-0.2, 0) is 0 Å². The fraction of sp³-hybridized carbons (Fsp3) is 0.889. The predicted octanol–water partition coefficient (Wildman–Crippen LogP) is 6.76. The van der Waals surface area contributed by atoms with Crippen LogP contribution in [0, 0.1) is 11.8 Å². The molecule has 0 heterocycles. The van der Waals surface area contributed by atoms with E-state index < -0.39 is 0 Å². The van der Waals surface area contributed by atoms with Crippen molar-refractivity contribution in [3.63, 3.8) is 0 Å². The fourth-order valence-corrected chi connectivity index (χ4v) is 2.83. The zero-order valence-electron chi connectivity index (χ0n) is 13.6. The summed E-state index contributed by atoms with van der Waals surface area (Å²) in [4.78, 5) is 0. The number of hydrogen-bond acceptors (Lipinski definition) is 0. The minimum Gasteiger partial charge on any atom is -0.0887 e. The van der Waals surface area contributed by atoms with Crippen molar-refractivity contribution in [2.45, 2.75) is 92.4 Å². The Bertz CT molecular complexity index is 202. The average Bonchev–Trinajstić information content (AvgIpc) is 2.33. The lowest BCUT2D eigenvalue weighted by Crippen LogP contribution is -2.04. The lowest BCUT2D eigenvalue weighted by molar-refractivity contribution is 0.378. The van der Waals surface area contributed by atoms with Gasteiger partial charge in [-0.1, -0.05) is 77.4 Å². The Morgan fingerprint density at radius 1 is 0.944 bits per heavy atom. The van der Waals surface area contributed by atoms with Gasteiger partial charge in [-0.25, -0.2) is 0 Å². The number of rotatable bonds is 11. The van der Waals surface area contributed by atoms with E-state index in [2.05, 4.69) is 40.7 Å². The molecule has 0 aliphatic carbocycles. The van der Waals surface area contributed by atoms with E-state index in [0.29, 0.717) is 0 Å². The van der Waals surface area contributed by atoms with Gasteiger partial charge in [-0.3, -0.25) is 0 Å². The maximum Gasteiger partial charge on any atom is -0.0297 e. The molecule has 0 saturated carbocycles. The molecule has 0 radical (unpaired) electrons. The standard InChI is InChI=1S/C18H36/c1-6-8-9-10-11-12-13-17(4)15-18(5)14-16(3)7-2/h7,17-18H,6,8-15H2,1-5H3. The molecule has 0 aliphatic heterocycles. The predicted molar refractivity (Wildman–Crippen MR) is 85.0 cm³/mol. The molecule has 0 nitrogen and oxygen atoms in total. The molecule has 18 heavy (non-hydrogen) atoms. The van der Waals surface area contributed by atoms with Crippen molar-refractivity contribution in [2.75, 3.05) is 0 Å². The first-order chi connectivity index (χ1) is 8.60. The van der Waals surface area contributed by atoms with Gasteiger partial charge < -0.3 is 0 Å². The molecular formula is C18H36. The normalized spacial score (nSPS) is 15.7. The second kappa shape index (κ2) is 11.8. The highest BCUT2D eigenvalue weighted by Gasteiger charge is 2.09. The largest absolute Gasteiger partial charge is 0.0887 e. The first-order valence-electron chi connectivity index (χ1n) is 8.21. The van der Waals surface area contributed by atoms with E-state index in [1.807, 2.05) is 0 Å². The van der Waals surface area contributed by atoms with E-state index in [4.69, 9.17) is 0 Å². The smallest absolute Gasteiger partial charge is 0.0297 e. The summed E-state index contributed by atoms with van der Waals surface area (Å²) in [6.07, 6.45) is 15.0. The highest BCUT2D eigenvalue weighted by molar-refractivity contribution is 4.96. The highest BCUT2D eigenvalue weighted by Crippen LogP contribution is 2.23. The molecule has 0 aromatic heterocycles. The van der Waals surface area contributed by atoms with E-state index in [-0.39, 0.29) is 0 Å². The molecule has 0 fully saturated rings. The van der Waals surface area contributed by atoms with E-state index in [1.54, 1.807) is 5.57 Å². The molecule has 2 unspecified atom stereocenters. The van der Waals surface area contributed by atoms with Gasteiger partial charge in [0.1, 0.15) is 0 Å². The summed E-state index contributed by atoms with van der Waals surface area (Å²) in [5, 5.41) is 0. The number of unbranched alkanes of at least 4 members (excludes halogenated alkanes) is 5. The van der Waals surface area contributed by atoms with Crippen molar-refractivity contribution in [2.24, 2.45) is 11.8 Å². The van der Waals surface area contributed by atoms with Crippen LogP contribution in [0.1, 0.15) is 92.4 Å². The Morgan fingerprint density at radius 3 is 2.17 bits per heavy atom. The van der Waals surface area contributed by atoms with Crippen molar-refractivity contribution < 1.29 is 0 Å². The van der Waals surface area contributed by atoms with Crippen LogP contribution < -0.4 is 0 Å². The molecule has 0 saturated heterocycles. The number of hydrogen-bond donors (Lipinski definition) is 0. The van der Waals surface area contributed by atoms with E-state index in [1.165, 1.54) is 57.8 Å². The van der Waals surface area contributed by atoms with Gasteiger partial charge in [0.05, 0.1) is 0 Å². The van der Waals surface area contributed by atoms with Gasteiger partial charge in [-0.05, 0) is 38.5 Å². The molecular weight excluding hydrogens is 216 g/mol. The third-order valence-corrected chi connectivity index (χ3v) is 4.02. The number of allylic oxidation sites excluding steroid dienone is 2. The van der Waals surface area contributed by atoms with Crippen LogP contribution in [0.2, 0.25) is 0 Å². The Balaban J connectivity index is 3.49. The van der Waals surface area contributed by atoms with Gasteiger partial charge in [-0.2, -0.15) is 0 Å². The summed E-state index contributed by atoms with van der Waals surface area (Å²) in [6.45, 7) is 11.5. The molecule has 0 aromatic carbocycles. The minimum atomic E-state index is 0.858. The van der Waals surface area contributed by atoms with Gasteiger partial charge in [0.2, 0.25) is 0 Å². The van der Waals surface area contributed by atoms with Gasteiger partial charge in [-0.15, -0.1) is 0 Å². The molecule has 108 valence electrons. The Morgan fingerprint density at radius 2 is 1.56 bits per heavy atom. The second-order valence-corrected chi connectivity index (χ2v) is 6.34. The van der Waals surface area contributed by atoms with Crippen molar-refractivity contribution in [1.82, 2.24) is 0 Å². The van der Waals surface area contributed by atoms with Crippen LogP contribution >= 0.6 is 0 Å².